The van der Waals surface area contributed by atoms with Crippen LogP contribution < -0.4 is 15.4 Å². The van der Waals surface area contributed by atoms with Gasteiger partial charge < -0.3 is 15.4 Å². The SMILES string of the molecule is COc1ccc(C(=O)Nc2ccc(C(=O)Nc3ccc(-n4cncn4)cc3)s2)cc1. The third kappa shape index (κ3) is 4.36. The summed E-state index contributed by atoms with van der Waals surface area (Å²) in [6.45, 7) is 0. The van der Waals surface area contributed by atoms with Gasteiger partial charge in [0.25, 0.3) is 11.8 Å². The van der Waals surface area contributed by atoms with Crippen LogP contribution in [0.5, 0.6) is 5.75 Å². The summed E-state index contributed by atoms with van der Waals surface area (Å²) in [5.74, 6) is 0.171. The fourth-order valence-corrected chi connectivity index (χ4v) is 3.48. The molecular formula is C21H17N5O3S. The van der Waals surface area contributed by atoms with E-state index in [0.29, 0.717) is 26.9 Å². The molecule has 0 bridgehead atoms. The van der Waals surface area contributed by atoms with Gasteiger partial charge in [-0.05, 0) is 60.7 Å². The van der Waals surface area contributed by atoms with Crippen LogP contribution in [0.15, 0.2) is 73.3 Å². The highest BCUT2D eigenvalue weighted by Gasteiger charge is 2.12. The van der Waals surface area contributed by atoms with Gasteiger partial charge in [0, 0.05) is 11.3 Å². The predicted octanol–water partition coefficient (Wildman–Crippen LogP) is 3.84. The van der Waals surface area contributed by atoms with Crippen LogP contribution in [0.4, 0.5) is 10.7 Å². The third-order valence-electron chi connectivity index (χ3n) is 4.23. The molecule has 2 aromatic heterocycles. The van der Waals surface area contributed by atoms with Gasteiger partial charge in [-0.15, -0.1) is 11.3 Å². The molecule has 0 spiro atoms. The molecule has 9 heteroatoms. The second-order valence-electron chi connectivity index (χ2n) is 6.19. The second kappa shape index (κ2) is 8.58. The van der Waals surface area contributed by atoms with Gasteiger partial charge in [0.05, 0.1) is 22.7 Å². The van der Waals surface area contributed by atoms with Crippen LogP contribution in [0, 0.1) is 0 Å². The van der Waals surface area contributed by atoms with Crippen molar-refractivity contribution in [3.05, 3.63) is 83.8 Å². The second-order valence-corrected chi connectivity index (χ2v) is 7.27. The Bertz CT molecular complexity index is 1150. The van der Waals surface area contributed by atoms with Crippen molar-refractivity contribution in [2.75, 3.05) is 17.7 Å². The summed E-state index contributed by atoms with van der Waals surface area (Å²) in [5.41, 5.74) is 1.99. The van der Waals surface area contributed by atoms with Gasteiger partial charge in [0.1, 0.15) is 18.4 Å². The van der Waals surface area contributed by atoms with Crippen LogP contribution in [0.1, 0.15) is 20.0 Å². The summed E-state index contributed by atoms with van der Waals surface area (Å²) in [6.07, 6.45) is 3.05. The van der Waals surface area contributed by atoms with Crippen molar-refractivity contribution >= 4 is 33.8 Å². The van der Waals surface area contributed by atoms with Gasteiger partial charge >= 0.3 is 0 Å². The molecule has 0 saturated heterocycles. The molecular weight excluding hydrogens is 402 g/mol. The number of carbonyl (C=O) groups is 2. The highest BCUT2D eigenvalue weighted by Crippen LogP contribution is 2.24. The van der Waals surface area contributed by atoms with Gasteiger partial charge in [-0.1, -0.05) is 0 Å². The zero-order valence-corrected chi connectivity index (χ0v) is 16.7. The number of aromatic nitrogens is 3. The van der Waals surface area contributed by atoms with E-state index in [4.69, 9.17) is 4.74 Å². The first-order valence-corrected chi connectivity index (χ1v) is 9.76. The normalized spacial score (nSPS) is 10.4. The van der Waals surface area contributed by atoms with Crippen LogP contribution >= 0.6 is 11.3 Å². The minimum Gasteiger partial charge on any atom is -0.497 e. The van der Waals surface area contributed by atoms with E-state index in [2.05, 4.69) is 20.7 Å². The van der Waals surface area contributed by atoms with E-state index in [9.17, 15) is 9.59 Å². The number of hydrogen-bond acceptors (Lipinski definition) is 6. The van der Waals surface area contributed by atoms with Crippen LogP contribution in [-0.2, 0) is 0 Å². The molecule has 4 aromatic rings. The lowest BCUT2D eigenvalue weighted by molar-refractivity contribution is 0.102. The van der Waals surface area contributed by atoms with Crippen LogP contribution in [0.3, 0.4) is 0 Å². The van der Waals surface area contributed by atoms with Crippen molar-refractivity contribution in [3.63, 3.8) is 0 Å². The lowest BCUT2D eigenvalue weighted by atomic mass is 10.2. The third-order valence-corrected chi connectivity index (χ3v) is 5.23. The predicted molar refractivity (Wildman–Crippen MR) is 115 cm³/mol. The molecule has 0 aliphatic rings. The first kappa shape index (κ1) is 19.3. The Morgan fingerprint density at radius 3 is 2.37 bits per heavy atom. The molecule has 4 rings (SSSR count). The van der Waals surface area contributed by atoms with Crippen molar-refractivity contribution in [2.24, 2.45) is 0 Å². The number of ether oxygens (including phenoxy) is 1. The number of anilines is 2. The Labute approximate surface area is 176 Å². The van der Waals surface area contributed by atoms with Crippen molar-refractivity contribution in [3.8, 4) is 11.4 Å². The average molecular weight is 419 g/mol. The lowest BCUT2D eigenvalue weighted by Gasteiger charge is -2.06. The van der Waals surface area contributed by atoms with Gasteiger partial charge in [-0.25, -0.2) is 9.67 Å². The van der Waals surface area contributed by atoms with Gasteiger partial charge in [-0.3, -0.25) is 9.59 Å². The molecule has 0 fully saturated rings. The molecule has 0 unspecified atom stereocenters. The Morgan fingerprint density at radius 2 is 1.70 bits per heavy atom. The molecule has 2 amide bonds. The fraction of sp³-hybridized carbons (Fsp3) is 0.0476. The van der Waals surface area contributed by atoms with E-state index in [-0.39, 0.29) is 11.8 Å². The summed E-state index contributed by atoms with van der Waals surface area (Å²) in [4.78, 5) is 29.3. The van der Waals surface area contributed by atoms with Crippen LogP contribution in [0.2, 0.25) is 0 Å². The number of thiophene rings is 1. The summed E-state index contributed by atoms with van der Waals surface area (Å²) < 4.78 is 6.72. The van der Waals surface area contributed by atoms with E-state index in [1.807, 2.05) is 12.1 Å². The molecule has 2 aromatic carbocycles. The van der Waals surface area contributed by atoms with E-state index in [1.54, 1.807) is 66.6 Å². The van der Waals surface area contributed by atoms with Crippen LogP contribution in [0.25, 0.3) is 5.69 Å². The van der Waals surface area contributed by atoms with Gasteiger partial charge in [-0.2, -0.15) is 5.10 Å². The maximum atomic E-state index is 12.5. The topological polar surface area (TPSA) is 98.1 Å². The fourth-order valence-electron chi connectivity index (χ4n) is 2.69. The molecule has 30 heavy (non-hydrogen) atoms. The van der Waals surface area contributed by atoms with E-state index in [0.717, 1.165) is 5.69 Å². The average Bonchev–Trinajstić information content (AvgIpc) is 3.47. The summed E-state index contributed by atoms with van der Waals surface area (Å²) in [6, 6.07) is 17.4. The molecule has 0 atom stereocenters. The molecule has 2 heterocycles. The molecule has 150 valence electrons. The standard InChI is InChI=1S/C21H17N5O3S/c1-29-17-8-2-14(3-9-17)20(27)25-19-11-10-18(30-19)21(28)24-15-4-6-16(7-5-15)26-13-22-12-23-26/h2-13H,1H3,(H,24,28)(H,25,27). The molecule has 0 saturated carbocycles. The zero-order chi connectivity index (χ0) is 20.9. The van der Waals surface area contributed by atoms with E-state index >= 15 is 0 Å². The first-order valence-electron chi connectivity index (χ1n) is 8.94. The molecule has 2 N–H and O–H groups in total. The number of benzene rings is 2. The highest BCUT2D eigenvalue weighted by molar-refractivity contribution is 7.18. The minimum atomic E-state index is -0.254. The Hall–Kier alpha value is -3.98. The molecule has 8 nitrogen and oxygen atoms in total. The van der Waals surface area contributed by atoms with E-state index < -0.39 is 0 Å². The zero-order valence-electron chi connectivity index (χ0n) is 15.9. The maximum absolute atomic E-state index is 12.5. The largest absolute Gasteiger partial charge is 0.497 e. The quantitative estimate of drug-likeness (QED) is 0.495. The maximum Gasteiger partial charge on any atom is 0.265 e. The van der Waals surface area contributed by atoms with Gasteiger partial charge in [0.2, 0.25) is 0 Å². The summed E-state index contributed by atoms with van der Waals surface area (Å²) in [7, 11) is 1.57. The Kier molecular flexibility index (Phi) is 5.53. The van der Waals surface area contributed by atoms with Gasteiger partial charge in [0.15, 0.2) is 0 Å². The number of nitrogens with one attached hydrogen (secondary N) is 2. The smallest absolute Gasteiger partial charge is 0.265 e. The van der Waals surface area contributed by atoms with Crippen molar-refractivity contribution < 1.29 is 14.3 Å². The van der Waals surface area contributed by atoms with Crippen molar-refractivity contribution in [1.29, 1.82) is 0 Å². The number of carbonyl (C=O) groups excluding carboxylic acids is 2. The number of rotatable bonds is 6. The monoisotopic (exact) mass is 419 g/mol. The number of methoxy groups -OCH3 is 1. The Morgan fingerprint density at radius 1 is 0.933 bits per heavy atom. The summed E-state index contributed by atoms with van der Waals surface area (Å²) >= 11 is 1.20. The number of amides is 2. The molecule has 0 aliphatic heterocycles. The molecule has 0 radical (unpaired) electrons. The van der Waals surface area contributed by atoms with Crippen molar-refractivity contribution in [1.82, 2.24) is 14.8 Å². The Balaban J connectivity index is 1.38. The van der Waals surface area contributed by atoms with Crippen molar-refractivity contribution in [2.45, 2.75) is 0 Å². The van der Waals surface area contributed by atoms with Crippen LogP contribution in [-0.4, -0.2) is 33.7 Å². The number of hydrogen-bond donors (Lipinski definition) is 2. The molecule has 0 aliphatic carbocycles. The minimum absolute atomic E-state index is 0.251. The summed E-state index contributed by atoms with van der Waals surface area (Å²) in [5, 5.41) is 10.3. The lowest BCUT2D eigenvalue weighted by Crippen LogP contribution is -2.11. The first-order chi connectivity index (χ1) is 14.6. The van der Waals surface area contributed by atoms with E-state index in [1.165, 1.54) is 17.7 Å². The number of nitrogens with zero attached hydrogens (tertiary/aromatic N) is 3. The highest BCUT2D eigenvalue weighted by atomic mass is 32.1.